The van der Waals surface area contributed by atoms with E-state index in [-0.39, 0.29) is 24.0 Å². The minimum Gasteiger partial charge on any atom is -0.493 e. The Morgan fingerprint density at radius 2 is 2.20 bits per heavy atom. The number of aromatic nitrogens is 3. The Bertz CT molecular complexity index is 702. The van der Waals surface area contributed by atoms with Gasteiger partial charge in [-0.2, -0.15) is 5.10 Å². The van der Waals surface area contributed by atoms with E-state index >= 15 is 0 Å². The summed E-state index contributed by atoms with van der Waals surface area (Å²) in [6.45, 7) is 4.95. The Hall–Kier alpha value is -1.84. The maximum atomic E-state index is 5.73. The Balaban J connectivity index is 0.00000225. The van der Waals surface area contributed by atoms with Crippen LogP contribution in [0.4, 0.5) is 0 Å². The first-order valence-electron chi connectivity index (χ1n) is 8.34. The van der Waals surface area contributed by atoms with E-state index < -0.39 is 0 Å². The minimum atomic E-state index is 0. The number of nitrogens with one attached hydrogen (secondary N) is 2. The molecule has 0 bridgehead atoms. The molecule has 2 N–H and O–H groups in total. The predicted molar refractivity (Wildman–Crippen MR) is 109 cm³/mol. The van der Waals surface area contributed by atoms with Crippen molar-refractivity contribution in [1.29, 1.82) is 0 Å². The Labute approximate surface area is 165 Å². The summed E-state index contributed by atoms with van der Waals surface area (Å²) >= 11 is 0. The van der Waals surface area contributed by atoms with E-state index in [2.05, 4.69) is 44.8 Å². The smallest absolute Gasteiger partial charge is 0.191 e. The van der Waals surface area contributed by atoms with Gasteiger partial charge in [-0.05, 0) is 25.0 Å². The van der Waals surface area contributed by atoms with Crippen LogP contribution in [0.15, 0.2) is 35.6 Å². The van der Waals surface area contributed by atoms with Crippen LogP contribution in [-0.2, 0) is 13.6 Å². The van der Waals surface area contributed by atoms with Crippen LogP contribution in [0.3, 0.4) is 0 Å². The summed E-state index contributed by atoms with van der Waals surface area (Å²) in [5.41, 5.74) is 1.26. The van der Waals surface area contributed by atoms with Gasteiger partial charge in [-0.1, -0.05) is 18.2 Å². The average Bonchev–Trinajstić information content (AvgIpc) is 3.02. The highest BCUT2D eigenvalue weighted by Gasteiger charge is 2.21. The van der Waals surface area contributed by atoms with Crippen molar-refractivity contribution in [1.82, 2.24) is 25.4 Å². The zero-order chi connectivity index (χ0) is 16.8. The molecule has 1 aromatic carbocycles. The van der Waals surface area contributed by atoms with Gasteiger partial charge in [0.1, 0.15) is 24.4 Å². The maximum Gasteiger partial charge on any atom is 0.191 e. The lowest BCUT2D eigenvalue weighted by molar-refractivity contribution is 0.267. The van der Waals surface area contributed by atoms with Crippen molar-refractivity contribution < 1.29 is 4.74 Å². The van der Waals surface area contributed by atoms with E-state index in [1.165, 1.54) is 5.56 Å². The molecule has 1 atom stereocenters. The van der Waals surface area contributed by atoms with Gasteiger partial charge in [-0.25, -0.2) is 9.98 Å². The fourth-order valence-corrected chi connectivity index (χ4v) is 2.80. The topological polar surface area (TPSA) is 76.4 Å². The molecule has 25 heavy (non-hydrogen) atoms. The van der Waals surface area contributed by atoms with Crippen molar-refractivity contribution >= 4 is 29.9 Å². The third kappa shape index (κ3) is 5.07. The summed E-state index contributed by atoms with van der Waals surface area (Å²) in [4.78, 5) is 8.80. The molecule has 2 heterocycles. The molecule has 0 spiro atoms. The molecule has 1 aliphatic heterocycles. The van der Waals surface area contributed by atoms with Crippen molar-refractivity contribution in [2.75, 3.05) is 19.7 Å². The molecule has 0 saturated carbocycles. The summed E-state index contributed by atoms with van der Waals surface area (Å²) in [5, 5.41) is 10.8. The molecule has 8 heteroatoms. The highest BCUT2D eigenvalue weighted by atomic mass is 127. The summed E-state index contributed by atoms with van der Waals surface area (Å²) in [6.07, 6.45) is 2.55. The normalized spacial score (nSPS) is 16.4. The van der Waals surface area contributed by atoms with Gasteiger partial charge in [-0.3, -0.25) is 4.68 Å². The molecule has 2 aromatic rings. The first-order chi connectivity index (χ1) is 11.8. The lowest BCUT2D eigenvalue weighted by atomic mass is 9.93. The molecule has 0 radical (unpaired) electrons. The molecule has 0 amide bonds. The van der Waals surface area contributed by atoms with Gasteiger partial charge in [-0.15, -0.1) is 24.0 Å². The van der Waals surface area contributed by atoms with Crippen molar-refractivity contribution in [3.05, 3.63) is 42.0 Å². The van der Waals surface area contributed by atoms with Crippen LogP contribution in [0, 0.1) is 0 Å². The van der Waals surface area contributed by atoms with Gasteiger partial charge in [0, 0.05) is 26.1 Å². The van der Waals surface area contributed by atoms with Gasteiger partial charge >= 0.3 is 0 Å². The van der Waals surface area contributed by atoms with Gasteiger partial charge in [0.2, 0.25) is 0 Å². The molecule has 3 rings (SSSR count). The van der Waals surface area contributed by atoms with Crippen LogP contribution in [0.1, 0.15) is 30.7 Å². The largest absolute Gasteiger partial charge is 0.493 e. The van der Waals surface area contributed by atoms with Crippen molar-refractivity contribution in [3.63, 3.8) is 0 Å². The second-order valence-electron chi connectivity index (χ2n) is 5.75. The number of guanidine groups is 1. The predicted octanol–water partition coefficient (Wildman–Crippen LogP) is 2.05. The number of fused-ring (bicyclic) bond motifs is 1. The Morgan fingerprint density at radius 1 is 1.36 bits per heavy atom. The second-order valence-corrected chi connectivity index (χ2v) is 5.75. The molecule has 1 unspecified atom stereocenters. The number of ether oxygens (including phenoxy) is 1. The zero-order valence-corrected chi connectivity index (χ0v) is 16.9. The van der Waals surface area contributed by atoms with Crippen LogP contribution in [0.25, 0.3) is 0 Å². The number of rotatable bonds is 5. The fraction of sp³-hybridized carbons (Fsp3) is 0.471. The zero-order valence-electron chi connectivity index (χ0n) is 14.6. The molecule has 0 fully saturated rings. The van der Waals surface area contributed by atoms with Crippen LogP contribution in [0.2, 0.25) is 0 Å². The number of halogens is 1. The summed E-state index contributed by atoms with van der Waals surface area (Å²) in [6, 6.07) is 8.26. The summed E-state index contributed by atoms with van der Waals surface area (Å²) < 4.78 is 7.46. The van der Waals surface area contributed by atoms with Gasteiger partial charge in [0.25, 0.3) is 0 Å². The molecule has 136 valence electrons. The van der Waals surface area contributed by atoms with E-state index in [0.717, 1.165) is 43.7 Å². The summed E-state index contributed by atoms with van der Waals surface area (Å²) in [5.74, 6) is 3.05. The van der Waals surface area contributed by atoms with Crippen LogP contribution < -0.4 is 15.4 Å². The highest BCUT2D eigenvalue weighted by Crippen LogP contribution is 2.32. The number of aliphatic imine (C=N–C) groups is 1. The molecule has 1 aliphatic rings. The SMILES string of the molecule is CCNC(=NCc1ncnn1C)NCC1CCOc2ccccc21.I. The van der Waals surface area contributed by atoms with Crippen molar-refractivity contribution in [3.8, 4) is 5.75 Å². The van der Waals surface area contributed by atoms with E-state index in [4.69, 9.17) is 4.74 Å². The van der Waals surface area contributed by atoms with Gasteiger partial charge < -0.3 is 15.4 Å². The van der Waals surface area contributed by atoms with E-state index in [1.807, 2.05) is 19.2 Å². The Kier molecular flexibility index (Phi) is 7.48. The highest BCUT2D eigenvalue weighted by molar-refractivity contribution is 14.0. The third-order valence-corrected chi connectivity index (χ3v) is 4.13. The van der Waals surface area contributed by atoms with Crippen molar-refractivity contribution in [2.24, 2.45) is 12.0 Å². The first kappa shape index (κ1) is 19.5. The first-order valence-corrected chi connectivity index (χ1v) is 8.34. The third-order valence-electron chi connectivity index (χ3n) is 4.13. The minimum absolute atomic E-state index is 0. The number of hydrogen-bond donors (Lipinski definition) is 2. The standard InChI is InChI=1S/C17H24N6O.HI/c1-3-18-17(20-11-16-21-12-22-23(16)2)19-10-13-8-9-24-15-7-5-4-6-14(13)15;/h4-7,12-13H,3,8-11H2,1-2H3,(H2,18,19,20);1H. The van der Waals surface area contributed by atoms with Crippen LogP contribution in [0.5, 0.6) is 5.75 Å². The monoisotopic (exact) mass is 456 g/mol. The maximum absolute atomic E-state index is 5.73. The molecular formula is C17H25IN6O. The van der Waals surface area contributed by atoms with Gasteiger partial charge in [0.05, 0.1) is 6.61 Å². The molecule has 0 aliphatic carbocycles. The molecular weight excluding hydrogens is 431 g/mol. The second kappa shape index (κ2) is 9.59. The average molecular weight is 456 g/mol. The van der Waals surface area contributed by atoms with Crippen molar-refractivity contribution in [2.45, 2.75) is 25.8 Å². The number of aryl methyl sites for hydroxylation is 1. The Morgan fingerprint density at radius 3 is 2.96 bits per heavy atom. The lowest BCUT2D eigenvalue weighted by Crippen LogP contribution is -2.40. The van der Waals surface area contributed by atoms with Crippen LogP contribution >= 0.6 is 24.0 Å². The van der Waals surface area contributed by atoms with Gasteiger partial charge in [0.15, 0.2) is 5.96 Å². The summed E-state index contributed by atoms with van der Waals surface area (Å²) in [7, 11) is 1.87. The molecule has 1 aromatic heterocycles. The lowest BCUT2D eigenvalue weighted by Gasteiger charge is -2.26. The number of hydrogen-bond acceptors (Lipinski definition) is 4. The quantitative estimate of drug-likeness (QED) is 0.409. The molecule has 7 nitrogen and oxygen atoms in total. The number of para-hydroxylation sites is 1. The van der Waals surface area contributed by atoms with E-state index in [0.29, 0.717) is 12.5 Å². The van der Waals surface area contributed by atoms with Crippen LogP contribution in [-0.4, -0.2) is 40.4 Å². The number of nitrogens with zero attached hydrogens (tertiary/aromatic N) is 4. The van der Waals surface area contributed by atoms with E-state index in [1.54, 1.807) is 11.0 Å². The fourth-order valence-electron chi connectivity index (χ4n) is 2.80. The molecule has 0 saturated heterocycles. The van der Waals surface area contributed by atoms with E-state index in [9.17, 15) is 0 Å². The number of benzene rings is 1.